The number of rotatable bonds is 4. The Morgan fingerprint density at radius 2 is 1.90 bits per heavy atom. The highest BCUT2D eigenvalue weighted by Gasteiger charge is 2.10. The van der Waals surface area contributed by atoms with Crippen molar-refractivity contribution in [3.05, 3.63) is 69.2 Å². The van der Waals surface area contributed by atoms with Crippen molar-refractivity contribution in [2.24, 2.45) is 5.73 Å². The maximum atomic E-state index is 12.2. The number of hydrogen-bond donors (Lipinski definition) is 2. The molecule has 20 heavy (non-hydrogen) atoms. The Hall–Kier alpha value is -1.65. The molecule has 0 saturated carbocycles. The molecule has 0 saturated heterocycles. The van der Waals surface area contributed by atoms with E-state index in [0.29, 0.717) is 18.7 Å². The first-order valence-electron chi connectivity index (χ1n) is 6.43. The molecule has 0 aromatic heterocycles. The average molecular weight is 333 g/mol. The number of nitrogens with one attached hydrogen (secondary N) is 1. The fraction of sp³-hybridized carbons (Fsp3) is 0.188. The molecule has 4 heteroatoms. The van der Waals surface area contributed by atoms with Crippen LogP contribution in [0.5, 0.6) is 0 Å². The number of nitrogens with two attached hydrogens (primary N) is 1. The Labute approximate surface area is 127 Å². The molecule has 3 nitrogen and oxygen atoms in total. The van der Waals surface area contributed by atoms with Crippen LogP contribution in [-0.4, -0.2) is 5.91 Å². The third-order valence-electron chi connectivity index (χ3n) is 3.22. The van der Waals surface area contributed by atoms with Gasteiger partial charge in [-0.15, -0.1) is 0 Å². The van der Waals surface area contributed by atoms with Gasteiger partial charge in [0.15, 0.2) is 0 Å². The van der Waals surface area contributed by atoms with Crippen molar-refractivity contribution < 1.29 is 4.79 Å². The van der Waals surface area contributed by atoms with Crippen molar-refractivity contribution in [1.29, 1.82) is 0 Å². The van der Waals surface area contributed by atoms with E-state index in [1.54, 1.807) is 0 Å². The van der Waals surface area contributed by atoms with Gasteiger partial charge in [0.25, 0.3) is 5.91 Å². The van der Waals surface area contributed by atoms with Gasteiger partial charge < -0.3 is 11.1 Å². The highest BCUT2D eigenvalue weighted by atomic mass is 79.9. The van der Waals surface area contributed by atoms with Gasteiger partial charge in [0.05, 0.1) is 0 Å². The van der Waals surface area contributed by atoms with E-state index in [-0.39, 0.29) is 5.91 Å². The lowest BCUT2D eigenvalue weighted by molar-refractivity contribution is 0.0950. The van der Waals surface area contributed by atoms with Crippen molar-refractivity contribution in [3.8, 4) is 0 Å². The third-order valence-corrected chi connectivity index (χ3v) is 3.72. The fourth-order valence-corrected chi connectivity index (χ4v) is 2.40. The van der Waals surface area contributed by atoms with E-state index in [2.05, 4.69) is 21.2 Å². The zero-order valence-corrected chi connectivity index (χ0v) is 12.9. The topological polar surface area (TPSA) is 55.1 Å². The summed E-state index contributed by atoms with van der Waals surface area (Å²) in [5, 5.41) is 2.94. The van der Waals surface area contributed by atoms with Crippen LogP contribution in [0.3, 0.4) is 0 Å². The Bertz CT molecular complexity index is 626. The van der Waals surface area contributed by atoms with Crippen molar-refractivity contribution in [2.45, 2.75) is 20.0 Å². The van der Waals surface area contributed by atoms with Crippen molar-refractivity contribution in [3.63, 3.8) is 0 Å². The number of carbonyl (C=O) groups is 1. The Kier molecular flexibility index (Phi) is 4.93. The molecular weight excluding hydrogens is 316 g/mol. The van der Waals surface area contributed by atoms with E-state index < -0.39 is 0 Å². The van der Waals surface area contributed by atoms with Crippen LogP contribution in [0.4, 0.5) is 0 Å². The Morgan fingerprint density at radius 3 is 2.60 bits per heavy atom. The molecule has 0 atom stereocenters. The van der Waals surface area contributed by atoms with Gasteiger partial charge in [0.2, 0.25) is 0 Å². The molecule has 3 N–H and O–H groups in total. The van der Waals surface area contributed by atoms with E-state index in [1.165, 1.54) is 0 Å². The molecule has 2 aromatic carbocycles. The largest absolute Gasteiger partial charge is 0.348 e. The van der Waals surface area contributed by atoms with E-state index in [0.717, 1.165) is 21.2 Å². The van der Waals surface area contributed by atoms with Crippen LogP contribution < -0.4 is 11.1 Å². The summed E-state index contributed by atoms with van der Waals surface area (Å²) >= 11 is 3.39. The number of benzene rings is 2. The lowest BCUT2D eigenvalue weighted by atomic mass is 10.1. The number of carbonyl (C=O) groups excluding carboxylic acids is 1. The van der Waals surface area contributed by atoms with Gasteiger partial charge in [0, 0.05) is 23.1 Å². The molecule has 0 bridgehead atoms. The minimum Gasteiger partial charge on any atom is -0.348 e. The molecular formula is C16H17BrN2O. The molecule has 104 valence electrons. The summed E-state index contributed by atoms with van der Waals surface area (Å²) in [7, 11) is 0. The molecule has 2 rings (SSSR count). The minimum atomic E-state index is -0.0735. The molecule has 0 radical (unpaired) electrons. The predicted molar refractivity (Wildman–Crippen MR) is 84.4 cm³/mol. The van der Waals surface area contributed by atoms with Gasteiger partial charge in [0.1, 0.15) is 0 Å². The van der Waals surface area contributed by atoms with Crippen LogP contribution in [0.2, 0.25) is 0 Å². The zero-order valence-electron chi connectivity index (χ0n) is 11.3. The summed E-state index contributed by atoms with van der Waals surface area (Å²) < 4.78 is 0.899. The lowest BCUT2D eigenvalue weighted by Crippen LogP contribution is -2.24. The maximum Gasteiger partial charge on any atom is 0.251 e. The van der Waals surface area contributed by atoms with Crippen LogP contribution in [0.15, 0.2) is 46.9 Å². The van der Waals surface area contributed by atoms with Crippen LogP contribution in [0, 0.1) is 6.92 Å². The van der Waals surface area contributed by atoms with Gasteiger partial charge in [-0.2, -0.15) is 0 Å². The second-order valence-electron chi connectivity index (χ2n) is 4.61. The molecule has 2 aromatic rings. The molecule has 0 fully saturated rings. The molecule has 1 amide bonds. The molecule has 0 aliphatic rings. The van der Waals surface area contributed by atoms with E-state index in [9.17, 15) is 4.79 Å². The molecule has 0 aliphatic carbocycles. The predicted octanol–water partition coefficient (Wildman–Crippen LogP) is 3.15. The van der Waals surface area contributed by atoms with Crippen molar-refractivity contribution >= 4 is 21.8 Å². The van der Waals surface area contributed by atoms with Gasteiger partial charge in [-0.05, 0) is 35.7 Å². The van der Waals surface area contributed by atoms with Gasteiger partial charge >= 0.3 is 0 Å². The van der Waals surface area contributed by atoms with Crippen molar-refractivity contribution in [2.75, 3.05) is 0 Å². The van der Waals surface area contributed by atoms with E-state index >= 15 is 0 Å². The van der Waals surface area contributed by atoms with Crippen LogP contribution in [-0.2, 0) is 13.1 Å². The monoisotopic (exact) mass is 332 g/mol. The van der Waals surface area contributed by atoms with E-state index in [1.807, 2.05) is 49.4 Å². The summed E-state index contributed by atoms with van der Waals surface area (Å²) in [5.41, 5.74) is 9.44. The normalized spacial score (nSPS) is 10.3. The number of amides is 1. The standard InChI is InChI=1S/C16H17BrN2O/c1-11-6-7-14(17)8-15(11)16(20)19-10-13-5-3-2-4-12(13)9-18/h2-8H,9-10,18H2,1H3,(H,19,20). The summed E-state index contributed by atoms with van der Waals surface area (Å²) in [4.78, 5) is 12.2. The zero-order chi connectivity index (χ0) is 14.5. The summed E-state index contributed by atoms with van der Waals surface area (Å²) in [6.07, 6.45) is 0. The quantitative estimate of drug-likeness (QED) is 0.903. The summed E-state index contributed by atoms with van der Waals surface area (Å²) in [5.74, 6) is -0.0735. The molecule has 0 unspecified atom stereocenters. The lowest BCUT2D eigenvalue weighted by Gasteiger charge is -2.11. The molecule has 0 heterocycles. The summed E-state index contributed by atoms with van der Waals surface area (Å²) in [6.45, 7) is 2.88. The highest BCUT2D eigenvalue weighted by Crippen LogP contribution is 2.16. The van der Waals surface area contributed by atoms with Gasteiger partial charge in [-0.3, -0.25) is 4.79 Å². The second-order valence-corrected chi connectivity index (χ2v) is 5.53. The maximum absolute atomic E-state index is 12.2. The number of halogens is 1. The minimum absolute atomic E-state index is 0.0735. The Morgan fingerprint density at radius 1 is 1.20 bits per heavy atom. The first kappa shape index (κ1) is 14.8. The first-order chi connectivity index (χ1) is 9.61. The Balaban J connectivity index is 2.11. The number of aryl methyl sites for hydroxylation is 1. The smallest absolute Gasteiger partial charge is 0.251 e. The second kappa shape index (κ2) is 6.68. The van der Waals surface area contributed by atoms with Crippen LogP contribution in [0.25, 0.3) is 0 Å². The van der Waals surface area contributed by atoms with Crippen molar-refractivity contribution in [1.82, 2.24) is 5.32 Å². The SMILES string of the molecule is Cc1ccc(Br)cc1C(=O)NCc1ccccc1CN. The first-order valence-corrected chi connectivity index (χ1v) is 7.22. The van der Waals surface area contributed by atoms with Crippen LogP contribution in [0.1, 0.15) is 27.0 Å². The summed E-state index contributed by atoms with van der Waals surface area (Å²) in [6, 6.07) is 13.5. The van der Waals surface area contributed by atoms with Gasteiger partial charge in [-0.25, -0.2) is 0 Å². The fourth-order valence-electron chi connectivity index (χ4n) is 2.04. The van der Waals surface area contributed by atoms with Crippen LogP contribution >= 0.6 is 15.9 Å². The molecule has 0 spiro atoms. The number of hydrogen-bond acceptors (Lipinski definition) is 2. The van der Waals surface area contributed by atoms with E-state index in [4.69, 9.17) is 5.73 Å². The molecule has 0 aliphatic heterocycles. The third kappa shape index (κ3) is 3.46. The van der Waals surface area contributed by atoms with Gasteiger partial charge in [-0.1, -0.05) is 46.3 Å². The highest BCUT2D eigenvalue weighted by molar-refractivity contribution is 9.10. The average Bonchev–Trinajstić information content (AvgIpc) is 2.47.